The molecule has 0 bridgehead atoms. The number of carbonyl (C=O) groups is 2. The molecule has 28 heavy (non-hydrogen) atoms. The molecule has 5 nitrogen and oxygen atoms in total. The number of benzene rings is 2. The molecule has 3 rings (SSSR count). The largest absolute Gasteiger partial charge is 0.494 e. The average molecular weight is 380 g/mol. The summed E-state index contributed by atoms with van der Waals surface area (Å²) in [5, 5.41) is 2.92. The highest BCUT2D eigenvalue weighted by molar-refractivity contribution is 6.03. The molecule has 0 unspecified atom stereocenters. The Morgan fingerprint density at radius 2 is 1.89 bits per heavy atom. The molecule has 0 spiro atoms. The average Bonchev–Trinajstić information content (AvgIpc) is 3.11. The molecule has 0 aromatic heterocycles. The van der Waals surface area contributed by atoms with Gasteiger partial charge in [0.2, 0.25) is 11.8 Å². The van der Waals surface area contributed by atoms with Gasteiger partial charge in [0.25, 0.3) is 0 Å². The van der Waals surface area contributed by atoms with Crippen LogP contribution >= 0.6 is 0 Å². The zero-order chi connectivity index (χ0) is 20.1. The molecule has 0 radical (unpaired) electrons. The van der Waals surface area contributed by atoms with Crippen molar-refractivity contribution in [1.82, 2.24) is 0 Å². The summed E-state index contributed by atoms with van der Waals surface area (Å²) in [6.45, 7) is 7.24. The number of anilines is 2. The van der Waals surface area contributed by atoms with Gasteiger partial charge in [0.1, 0.15) is 5.75 Å². The summed E-state index contributed by atoms with van der Waals surface area (Å²) in [4.78, 5) is 27.1. The van der Waals surface area contributed by atoms with Crippen molar-refractivity contribution >= 4 is 23.2 Å². The molecular formula is C23H28N2O3. The highest BCUT2D eigenvalue weighted by Crippen LogP contribution is 2.33. The number of amides is 2. The van der Waals surface area contributed by atoms with Crippen LogP contribution in [0, 0.1) is 5.92 Å². The topological polar surface area (TPSA) is 58.6 Å². The van der Waals surface area contributed by atoms with E-state index in [1.807, 2.05) is 49.4 Å². The Hall–Kier alpha value is -2.82. The van der Waals surface area contributed by atoms with E-state index in [0.29, 0.717) is 24.8 Å². The minimum Gasteiger partial charge on any atom is -0.494 e. The molecule has 2 amide bonds. The molecule has 1 heterocycles. The molecule has 1 N–H and O–H groups in total. The van der Waals surface area contributed by atoms with Gasteiger partial charge in [-0.1, -0.05) is 32.0 Å². The van der Waals surface area contributed by atoms with Crippen LogP contribution in [0.2, 0.25) is 0 Å². The van der Waals surface area contributed by atoms with Crippen molar-refractivity contribution < 1.29 is 14.3 Å². The fourth-order valence-electron chi connectivity index (χ4n) is 3.53. The zero-order valence-electron chi connectivity index (χ0n) is 16.8. The van der Waals surface area contributed by atoms with Gasteiger partial charge in [-0.2, -0.15) is 0 Å². The minimum absolute atomic E-state index is 0.00240. The number of rotatable bonds is 7. The number of carbonyl (C=O) groups excluding carboxylic acids is 2. The third kappa shape index (κ3) is 4.35. The molecule has 1 saturated heterocycles. The second-order valence-electron chi connectivity index (χ2n) is 7.22. The Kier molecular flexibility index (Phi) is 6.34. The maximum Gasteiger partial charge on any atom is 0.229 e. The van der Waals surface area contributed by atoms with E-state index in [0.717, 1.165) is 23.4 Å². The fourth-order valence-corrected chi connectivity index (χ4v) is 3.53. The first-order chi connectivity index (χ1) is 13.5. The number of nitrogens with zero attached hydrogens (tertiary/aromatic N) is 1. The van der Waals surface area contributed by atoms with E-state index < -0.39 is 0 Å². The molecule has 2 aromatic carbocycles. The van der Waals surface area contributed by atoms with Crippen molar-refractivity contribution in [2.75, 3.05) is 23.4 Å². The van der Waals surface area contributed by atoms with Gasteiger partial charge in [0.05, 0.1) is 12.5 Å². The Morgan fingerprint density at radius 1 is 1.18 bits per heavy atom. The van der Waals surface area contributed by atoms with Crippen LogP contribution < -0.4 is 15.0 Å². The molecule has 2 aromatic rings. The smallest absolute Gasteiger partial charge is 0.229 e. The molecular weight excluding hydrogens is 352 g/mol. The van der Waals surface area contributed by atoms with Gasteiger partial charge in [-0.25, -0.2) is 0 Å². The summed E-state index contributed by atoms with van der Waals surface area (Å²) in [7, 11) is 0. The van der Waals surface area contributed by atoms with Gasteiger partial charge in [-0.05, 0) is 55.2 Å². The minimum atomic E-state index is -0.357. The molecule has 5 heteroatoms. The lowest BCUT2D eigenvalue weighted by atomic mass is 9.96. The van der Waals surface area contributed by atoms with Gasteiger partial charge >= 0.3 is 0 Å². The zero-order valence-corrected chi connectivity index (χ0v) is 16.8. The molecule has 0 aliphatic carbocycles. The molecule has 1 aliphatic rings. The molecule has 148 valence electrons. The van der Waals surface area contributed by atoms with Gasteiger partial charge in [0, 0.05) is 24.3 Å². The normalized spacial score (nSPS) is 17.5. The van der Waals surface area contributed by atoms with Crippen LogP contribution in [0.15, 0.2) is 48.5 Å². The predicted octanol–water partition coefficient (Wildman–Crippen LogP) is 4.59. The van der Waals surface area contributed by atoms with Crippen LogP contribution in [0.25, 0.3) is 0 Å². The standard InChI is InChI=1S/C23H28N2O3/c1-4-16(3)20-8-6-7-9-21(20)25-15-17(14-22(25)26)23(27)24-18-10-12-19(13-11-18)28-5-2/h6-13,16-17H,4-5,14-15H2,1-3H3,(H,24,27)/t16-,17-/m0/s1. The molecule has 2 atom stereocenters. The van der Waals surface area contributed by atoms with Crippen molar-refractivity contribution in [3.8, 4) is 5.75 Å². The molecule has 0 saturated carbocycles. The molecule has 1 fully saturated rings. The van der Waals surface area contributed by atoms with Crippen LogP contribution in [0.1, 0.15) is 45.1 Å². The summed E-state index contributed by atoms with van der Waals surface area (Å²) in [5.41, 5.74) is 2.79. The highest BCUT2D eigenvalue weighted by atomic mass is 16.5. The third-order valence-electron chi connectivity index (χ3n) is 5.30. The van der Waals surface area contributed by atoms with Crippen LogP contribution in [-0.2, 0) is 9.59 Å². The molecule has 1 aliphatic heterocycles. The third-order valence-corrected chi connectivity index (χ3v) is 5.30. The van der Waals surface area contributed by atoms with Crippen LogP contribution in [0.3, 0.4) is 0 Å². The highest BCUT2D eigenvalue weighted by Gasteiger charge is 2.36. The van der Waals surface area contributed by atoms with E-state index in [1.54, 1.807) is 4.90 Å². The van der Waals surface area contributed by atoms with Gasteiger partial charge in [0.15, 0.2) is 0 Å². The lowest BCUT2D eigenvalue weighted by Gasteiger charge is -2.23. The first kappa shape index (κ1) is 19.9. The first-order valence-corrected chi connectivity index (χ1v) is 9.96. The van der Waals surface area contributed by atoms with E-state index in [1.165, 1.54) is 0 Å². The maximum absolute atomic E-state index is 12.7. The first-order valence-electron chi connectivity index (χ1n) is 9.96. The van der Waals surface area contributed by atoms with Crippen molar-refractivity contribution in [3.05, 3.63) is 54.1 Å². The number of nitrogens with one attached hydrogen (secondary N) is 1. The Labute approximate surface area is 166 Å². The second kappa shape index (κ2) is 8.91. The Balaban J connectivity index is 1.70. The SMILES string of the molecule is CCOc1ccc(NC(=O)[C@H]2CC(=O)N(c3ccccc3[C@@H](C)CC)C2)cc1. The van der Waals surface area contributed by atoms with Crippen LogP contribution in [0.5, 0.6) is 5.75 Å². The van der Waals surface area contributed by atoms with Gasteiger partial charge in [-0.15, -0.1) is 0 Å². The van der Waals surface area contributed by atoms with E-state index >= 15 is 0 Å². The van der Waals surface area contributed by atoms with Crippen molar-refractivity contribution in [1.29, 1.82) is 0 Å². The summed E-state index contributed by atoms with van der Waals surface area (Å²) in [6.07, 6.45) is 1.23. The monoisotopic (exact) mass is 380 g/mol. The lowest BCUT2D eigenvalue weighted by molar-refractivity contribution is -0.122. The fraction of sp³-hybridized carbons (Fsp3) is 0.391. The number of hydrogen-bond acceptors (Lipinski definition) is 3. The van der Waals surface area contributed by atoms with E-state index in [2.05, 4.69) is 25.2 Å². The van der Waals surface area contributed by atoms with Crippen LogP contribution in [0.4, 0.5) is 11.4 Å². The van der Waals surface area contributed by atoms with Crippen LogP contribution in [-0.4, -0.2) is 25.0 Å². The van der Waals surface area contributed by atoms with Crippen molar-refractivity contribution in [2.24, 2.45) is 5.92 Å². The van der Waals surface area contributed by atoms with Gasteiger partial charge in [-0.3, -0.25) is 9.59 Å². The number of para-hydroxylation sites is 1. The Morgan fingerprint density at radius 3 is 2.57 bits per heavy atom. The van der Waals surface area contributed by atoms with Crippen molar-refractivity contribution in [3.63, 3.8) is 0 Å². The lowest BCUT2D eigenvalue weighted by Crippen LogP contribution is -2.29. The summed E-state index contributed by atoms with van der Waals surface area (Å²) >= 11 is 0. The predicted molar refractivity (Wildman–Crippen MR) is 112 cm³/mol. The number of hydrogen-bond donors (Lipinski definition) is 1. The quantitative estimate of drug-likeness (QED) is 0.764. The van der Waals surface area contributed by atoms with Crippen molar-refractivity contribution in [2.45, 2.75) is 39.5 Å². The van der Waals surface area contributed by atoms with E-state index in [4.69, 9.17) is 4.74 Å². The summed E-state index contributed by atoms with van der Waals surface area (Å²) in [6, 6.07) is 15.3. The maximum atomic E-state index is 12.7. The van der Waals surface area contributed by atoms with E-state index in [-0.39, 0.29) is 24.2 Å². The second-order valence-corrected chi connectivity index (χ2v) is 7.22. The summed E-state index contributed by atoms with van der Waals surface area (Å²) in [5.74, 6) is 0.651. The van der Waals surface area contributed by atoms with E-state index in [9.17, 15) is 9.59 Å². The summed E-state index contributed by atoms with van der Waals surface area (Å²) < 4.78 is 5.42. The van der Waals surface area contributed by atoms with Gasteiger partial charge < -0.3 is 15.0 Å². The number of ether oxygens (including phenoxy) is 1. The Bertz CT molecular complexity index is 832.